The summed E-state index contributed by atoms with van der Waals surface area (Å²) < 4.78 is 5.32. The molecule has 1 aliphatic carbocycles. The van der Waals surface area contributed by atoms with Gasteiger partial charge in [-0.1, -0.05) is 13.3 Å². The Morgan fingerprint density at radius 3 is 2.25 bits per heavy atom. The van der Waals surface area contributed by atoms with E-state index >= 15 is 0 Å². The molecule has 90 valence electrons. The van der Waals surface area contributed by atoms with Crippen LogP contribution >= 0.6 is 0 Å². The summed E-state index contributed by atoms with van der Waals surface area (Å²) in [7, 11) is 0. The average Bonchev–Trinajstić information content (AvgIpc) is 2.24. The van der Waals surface area contributed by atoms with Gasteiger partial charge < -0.3 is 4.74 Å². The van der Waals surface area contributed by atoms with Crippen molar-refractivity contribution in [2.45, 2.75) is 45.4 Å². The molecule has 0 aromatic heterocycles. The quantitative estimate of drug-likeness (QED) is 0.675. The molecule has 2 fully saturated rings. The lowest BCUT2D eigenvalue weighted by Gasteiger charge is -2.40. The van der Waals surface area contributed by atoms with E-state index in [1.807, 2.05) is 6.92 Å². The first-order valence-corrected chi connectivity index (χ1v) is 6.30. The summed E-state index contributed by atoms with van der Waals surface area (Å²) >= 11 is 0. The first kappa shape index (κ1) is 11.8. The molecule has 1 saturated carbocycles. The van der Waals surface area contributed by atoms with E-state index in [2.05, 4.69) is 0 Å². The summed E-state index contributed by atoms with van der Waals surface area (Å²) in [4.78, 5) is 24.0. The van der Waals surface area contributed by atoms with Crippen molar-refractivity contribution in [1.29, 1.82) is 0 Å². The fraction of sp³-hybridized carbons (Fsp3) is 0.846. The molecule has 0 aromatic rings. The van der Waals surface area contributed by atoms with Crippen LogP contribution in [0.5, 0.6) is 0 Å². The Bertz CT molecular complexity index is 270. The number of hydrogen-bond acceptors (Lipinski definition) is 3. The van der Waals surface area contributed by atoms with Gasteiger partial charge in [0.1, 0.15) is 11.6 Å². The van der Waals surface area contributed by atoms with E-state index in [-0.39, 0.29) is 22.9 Å². The van der Waals surface area contributed by atoms with Crippen LogP contribution in [0.15, 0.2) is 0 Å². The first-order valence-electron chi connectivity index (χ1n) is 6.30. The SMILES string of the molecule is CCCC1C(=O)CC2(CCOCC2)CC1=O. The van der Waals surface area contributed by atoms with Crippen molar-refractivity contribution in [2.75, 3.05) is 13.2 Å². The van der Waals surface area contributed by atoms with Gasteiger partial charge in [-0.05, 0) is 24.7 Å². The minimum absolute atomic E-state index is 0.0450. The zero-order valence-electron chi connectivity index (χ0n) is 9.96. The number of carbonyl (C=O) groups excluding carboxylic acids is 2. The molecule has 1 saturated heterocycles. The van der Waals surface area contributed by atoms with Gasteiger partial charge in [-0.2, -0.15) is 0 Å². The lowest BCUT2D eigenvalue weighted by atomic mass is 9.64. The third-order valence-corrected chi connectivity index (χ3v) is 4.01. The van der Waals surface area contributed by atoms with Gasteiger partial charge >= 0.3 is 0 Å². The minimum Gasteiger partial charge on any atom is -0.381 e. The molecule has 2 aliphatic rings. The van der Waals surface area contributed by atoms with Crippen molar-refractivity contribution in [2.24, 2.45) is 11.3 Å². The van der Waals surface area contributed by atoms with Crippen molar-refractivity contribution in [3.8, 4) is 0 Å². The van der Waals surface area contributed by atoms with Crippen molar-refractivity contribution >= 4 is 11.6 Å². The molecule has 0 radical (unpaired) electrons. The highest BCUT2D eigenvalue weighted by Crippen LogP contribution is 2.43. The highest BCUT2D eigenvalue weighted by atomic mass is 16.5. The molecule has 0 atom stereocenters. The van der Waals surface area contributed by atoms with Crippen molar-refractivity contribution in [1.82, 2.24) is 0 Å². The van der Waals surface area contributed by atoms with Gasteiger partial charge in [0, 0.05) is 26.1 Å². The summed E-state index contributed by atoms with van der Waals surface area (Å²) in [5.41, 5.74) is -0.0450. The van der Waals surface area contributed by atoms with Crippen LogP contribution in [0.25, 0.3) is 0 Å². The molecule has 1 spiro atoms. The van der Waals surface area contributed by atoms with E-state index in [4.69, 9.17) is 4.74 Å². The predicted octanol–water partition coefficient (Wildman–Crippen LogP) is 2.13. The van der Waals surface area contributed by atoms with E-state index in [1.165, 1.54) is 0 Å². The zero-order valence-corrected chi connectivity index (χ0v) is 9.96. The Hall–Kier alpha value is -0.700. The summed E-state index contributed by atoms with van der Waals surface area (Å²) in [5.74, 6) is 0.0680. The van der Waals surface area contributed by atoms with Gasteiger partial charge in [-0.25, -0.2) is 0 Å². The van der Waals surface area contributed by atoms with Crippen LogP contribution in [0.2, 0.25) is 0 Å². The molecule has 1 heterocycles. The van der Waals surface area contributed by atoms with E-state index in [9.17, 15) is 9.59 Å². The van der Waals surface area contributed by atoms with Gasteiger partial charge in [0.2, 0.25) is 0 Å². The number of hydrogen-bond donors (Lipinski definition) is 0. The maximum atomic E-state index is 12.0. The number of rotatable bonds is 2. The molecule has 0 N–H and O–H groups in total. The minimum atomic E-state index is -0.293. The van der Waals surface area contributed by atoms with Gasteiger partial charge in [0.05, 0.1) is 5.92 Å². The Balaban J connectivity index is 2.07. The average molecular weight is 224 g/mol. The highest BCUT2D eigenvalue weighted by Gasteiger charge is 2.44. The van der Waals surface area contributed by atoms with Crippen molar-refractivity contribution in [3.05, 3.63) is 0 Å². The molecular weight excluding hydrogens is 204 g/mol. The molecule has 1 aliphatic heterocycles. The summed E-state index contributed by atoms with van der Waals surface area (Å²) in [5, 5.41) is 0. The third kappa shape index (κ3) is 2.19. The van der Waals surface area contributed by atoms with Gasteiger partial charge in [-0.3, -0.25) is 9.59 Å². The van der Waals surface area contributed by atoms with Crippen LogP contribution in [0.4, 0.5) is 0 Å². The topological polar surface area (TPSA) is 43.4 Å². The third-order valence-electron chi connectivity index (χ3n) is 4.01. The van der Waals surface area contributed by atoms with E-state index in [1.54, 1.807) is 0 Å². The molecule has 16 heavy (non-hydrogen) atoms. The highest BCUT2D eigenvalue weighted by molar-refractivity contribution is 6.05. The molecule has 0 bridgehead atoms. The van der Waals surface area contributed by atoms with Crippen LogP contribution in [0.3, 0.4) is 0 Å². The fourth-order valence-electron chi connectivity index (χ4n) is 3.00. The zero-order chi connectivity index (χ0) is 11.6. The van der Waals surface area contributed by atoms with E-state index in [0.29, 0.717) is 26.1 Å². The summed E-state index contributed by atoms with van der Waals surface area (Å²) in [6, 6.07) is 0. The predicted molar refractivity (Wildman–Crippen MR) is 60.1 cm³/mol. The van der Waals surface area contributed by atoms with Gasteiger partial charge in [0.25, 0.3) is 0 Å². The van der Waals surface area contributed by atoms with Crippen LogP contribution in [-0.4, -0.2) is 24.8 Å². The Kier molecular flexibility index (Phi) is 3.43. The molecular formula is C13H20O3. The van der Waals surface area contributed by atoms with Crippen LogP contribution in [0.1, 0.15) is 45.4 Å². The Labute approximate surface area is 96.5 Å². The second kappa shape index (κ2) is 4.66. The van der Waals surface area contributed by atoms with Gasteiger partial charge in [-0.15, -0.1) is 0 Å². The molecule has 0 aromatic carbocycles. The molecule has 0 unspecified atom stereocenters. The molecule has 3 nitrogen and oxygen atoms in total. The number of ketones is 2. The number of ether oxygens (including phenoxy) is 1. The Morgan fingerprint density at radius 1 is 1.19 bits per heavy atom. The second-order valence-corrected chi connectivity index (χ2v) is 5.24. The van der Waals surface area contributed by atoms with Crippen LogP contribution in [-0.2, 0) is 14.3 Å². The molecule has 2 rings (SSSR count). The van der Waals surface area contributed by atoms with Crippen molar-refractivity contribution in [3.63, 3.8) is 0 Å². The summed E-state index contributed by atoms with van der Waals surface area (Å²) in [6.07, 6.45) is 4.62. The first-order chi connectivity index (χ1) is 7.67. The van der Waals surface area contributed by atoms with E-state index < -0.39 is 0 Å². The molecule has 0 amide bonds. The van der Waals surface area contributed by atoms with Gasteiger partial charge in [0.15, 0.2) is 0 Å². The maximum Gasteiger partial charge on any atom is 0.143 e. The van der Waals surface area contributed by atoms with Crippen LogP contribution in [0, 0.1) is 11.3 Å². The normalized spacial score (nSPS) is 26.3. The number of carbonyl (C=O) groups is 2. The monoisotopic (exact) mass is 224 g/mol. The summed E-state index contributed by atoms with van der Waals surface area (Å²) in [6.45, 7) is 3.44. The molecule has 3 heteroatoms. The largest absolute Gasteiger partial charge is 0.381 e. The fourth-order valence-corrected chi connectivity index (χ4v) is 3.00. The van der Waals surface area contributed by atoms with Crippen molar-refractivity contribution < 1.29 is 14.3 Å². The maximum absolute atomic E-state index is 12.0. The van der Waals surface area contributed by atoms with Crippen LogP contribution < -0.4 is 0 Å². The Morgan fingerprint density at radius 2 is 1.75 bits per heavy atom. The standard InChI is InChI=1S/C13H20O3/c1-2-3-10-11(14)8-13(9-12(10)15)4-6-16-7-5-13/h10H,2-9H2,1H3. The lowest BCUT2D eigenvalue weighted by Crippen LogP contribution is -2.43. The number of Topliss-reactive ketones (excluding diaryl/α,β-unsaturated/α-hetero) is 2. The second-order valence-electron chi connectivity index (χ2n) is 5.24. The lowest BCUT2D eigenvalue weighted by molar-refractivity contribution is -0.143. The smallest absolute Gasteiger partial charge is 0.143 e. The van der Waals surface area contributed by atoms with E-state index in [0.717, 1.165) is 25.7 Å².